The van der Waals surface area contributed by atoms with Crippen LogP contribution in [0.1, 0.15) is 297 Å². The minimum atomic E-state index is 0.964. The van der Waals surface area contributed by atoms with Crippen molar-refractivity contribution in [1.29, 1.82) is 0 Å². The minimum Gasteiger partial charge on any atom is -0.0654 e. The van der Waals surface area contributed by atoms with Crippen LogP contribution in [-0.2, 0) is 0 Å². The fraction of sp³-hybridized carbons (Fsp3) is 1.00. The topological polar surface area (TPSA) is 0 Å². The van der Waals surface area contributed by atoms with Gasteiger partial charge in [0.1, 0.15) is 0 Å². The Balaban J connectivity index is 3.13. The molecular weight excluding hydrogens is 565 g/mol. The Kier molecular flexibility index (Phi) is 44.0. The van der Waals surface area contributed by atoms with E-state index in [9.17, 15) is 0 Å². The second-order valence-corrected chi connectivity index (χ2v) is 16.5. The summed E-state index contributed by atoms with van der Waals surface area (Å²) in [6.07, 6.45) is 63.7. The Bertz CT molecular complexity index is 508. The monoisotopic (exact) mass is 661 g/mol. The van der Waals surface area contributed by atoms with Gasteiger partial charge in [-0.2, -0.15) is 0 Å². The van der Waals surface area contributed by atoms with Gasteiger partial charge in [-0.3, -0.25) is 0 Å². The summed E-state index contributed by atoms with van der Waals surface area (Å²) in [5.41, 5.74) is 0. The molecule has 0 saturated carbocycles. The normalized spacial score (nSPS) is 12.3. The van der Waals surface area contributed by atoms with Gasteiger partial charge >= 0.3 is 0 Å². The van der Waals surface area contributed by atoms with Gasteiger partial charge in [0.2, 0.25) is 0 Å². The van der Waals surface area contributed by atoms with Crippen molar-refractivity contribution < 1.29 is 0 Å². The molecule has 0 aliphatic carbocycles. The van der Waals surface area contributed by atoms with E-state index in [1.807, 2.05) is 0 Å². The average Bonchev–Trinajstić information content (AvgIpc) is 3.08. The van der Waals surface area contributed by atoms with Crippen LogP contribution in [-0.4, -0.2) is 0 Å². The molecule has 0 aliphatic rings. The van der Waals surface area contributed by atoms with Crippen LogP contribution in [0.2, 0.25) is 0 Å². The Hall–Kier alpha value is 0. The molecule has 0 heterocycles. The Morgan fingerprint density at radius 2 is 0.319 bits per heavy atom. The Labute approximate surface area is 302 Å². The van der Waals surface area contributed by atoms with Crippen molar-refractivity contribution in [1.82, 2.24) is 0 Å². The smallest absolute Gasteiger partial charge is 0.0443 e. The average molecular weight is 661 g/mol. The summed E-state index contributed by atoms with van der Waals surface area (Å²) < 4.78 is 0. The summed E-state index contributed by atoms with van der Waals surface area (Å²) in [6, 6.07) is 0. The zero-order valence-electron chi connectivity index (χ0n) is 34.0. The van der Waals surface area contributed by atoms with Crippen molar-refractivity contribution in [3.8, 4) is 0 Å². The van der Waals surface area contributed by atoms with Gasteiger partial charge in [-0.15, -0.1) is 0 Å². The van der Waals surface area contributed by atoms with Gasteiger partial charge in [0.15, 0.2) is 0 Å². The maximum absolute atomic E-state index is 2.52. The van der Waals surface area contributed by atoms with Crippen LogP contribution < -0.4 is 0 Å². The zero-order chi connectivity index (χ0) is 34.0. The molecule has 0 N–H and O–H groups in total. The first-order chi connectivity index (χ1) is 23.3. The van der Waals surface area contributed by atoms with Crippen LogP contribution in [0, 0.1) is 5.92 Å². The highest BCUT2D eigenvalue weighted by molar-refractivity contribution is 4.57. The molecule has 0 fully saturated rings. The molecule has 284 valence electrons. The molecule has 0 nitrogen and oxygen atoms in total. The molecule has 0 radical (unpaired) electrons. The lowest BCUT2D eigenvalue weighted by Gasteiger charge is -2.11. The van der Waals surface area contributed by atoms with Crippen LogP contribution >= 0.6 is 0 Å². The third kappa shape index (κ3) is 44.0. The highest BCUT2D eigenvalue weighted by atomic mass is 14.1. The molecule has 0 aromatic heterocycles. The van der Waals surface area contributed by atoms with Gasteiger partial charge in [-0.1, -0.05) is 297 Å². The molecule has 0 spiro atoms. The first kappa shape index (κ1) is 47.0. The van der Waals surface area contributed by atoms with Gasteiger partial charge in [-0.25, -0.2) is 0 Å². The molecular formula is C47H96. The fourth-order valence-electron chi connectivity index (χ4n) is 7.82. The largest absolute Gasteiger partial charge is 0.0654 e. The number of rotatable bonds is 43. The molecule has 0 bridgehead atoms. The van der Waals surface area contributed by atoms with Gasteiger partial charge < -0.3 is 0 Å². The minimum absolute atomic E-state index is 0.964. The lowest BCUT2D eigenvalue weighted by atomic mass is 9.95. The molecule has 0 saturated heterocycles. The first-order valence-corrected chi connectivity index (χ1v) is 23.3. The summed E-state index contributed by atoms with van der Waals surface area (Å²) in [6.45, 7) is 7.14. The van der Waals surface area contributed by atoms with Crippen LogP contribution in [0.25, 0.3) is 0 Å². The number of hydrogen-bond acceptors (Lipinski definition) is 0. The van der Waals surface area contributed by atoms with E-state index in [-0.39, 0.29) is 0 Å². The van der Waals surface area contributed by atoms with Gasteiger partial charge in [0, 0.05) is 0 Å². The van der Waals surface area contributed by atoms with Gasteiger partial charge in [-0.05, 0) is 5.92 Å². The highest BCUT2D eigenvalue weighted by Crippen LogP contribution is 2.20. The molecule has 1 atom stereocenters. The van der Waals surface area contributed by atoms with E-state index in [0.717, 1.165) is 5.92 Å². The molecule has 1 unspecified atom stereocenters. The summed E-state index contributed by atoms with van der Waals surface area (Å²) in [5, 5.41) is 0. The van der Waals surface area contributed by atoms with E-state index in [2.05, 4.69) is 20.8 Å². The van der Waals surface area contributed by atoms with Crippen LogP contribution in [0.3, 0.4) is 0 Å². The third-order valence-electron chi connectivity index (χ3n) is 11.4. The Morgan fingerprint density at radius 3 is 0.468 bits per heavy atom. The first-order valence-electron chi connectivity index (χ1n) is 23.3. The van der Waals surface area contributed by atoms with Crippen LogP contribution in [0.4, 0.5) is 0 Å². The van der Waals surface area contributed by atoms with E-state index < -0.39 is 0 Å². The van der Waals surface area contributed by atoms with Crippen molar-refractivity contribution in [2.45, 2.75) is 297 Å². The molecule has 0 heteroatoms. The van der Waals surface area contributed by atoms with Gasteiger partial charge in [0.25, 0.3) is 0 Å². The molecule has 0 aliphatic heterocycles. The SMILES string of the molecule is CCCCCCCCCCCCCCCCCCCCCCCCCCCCC(C)CCCCCCCCCCCCCCCCC. The maximum Gasteiger partial charge on any atom is -0.0443 e. The fourth-order valence-corrected chi connectivity index (χ4v) is 7.82. The standard InChI is InChI=1S/C47H96/c1-4-6-8-10-12-14-16-18-20-21-22-23-24-25-26-27-28-29-30-32-34-36-38-40-42-44-46-47(3)45-43-41-39-37-35-33-31-19-17-15-13-11-9-7-5-2/h47H,4-46H2,1-3H3. The predicted molar refractivity (Wildman–Crippen MR) is 219 cm³/mol. The molecule has 0 aromatic rings. The van der Waals surface area contributed by atoms with Crippen molar-refractivity contribution in [3.63, 3.8) is 0 Å². The zero-order valence-corrected chi connectivity index (χ0v) is 34.0. The highest BCUT2D eigenvalue weighted by Gasteiger charge is 2.03. The summed E-state index contributed by atoms with van der Waals surface area (Å²) in [5.74, 6) is 0.964. The summed E-state index contributed by atoms with van der Waals surface area (Å²) in [4.78, 5) is 0. The van der Waals surface area contributed by atoms with E-state index in [4.69, 9.17) is 0 Å². The van der Waals surface area contributed by atoms with Crippen molar-refractivity contribution in [3.05, 3.63) is 0 Å². The van der Waals surface area contributed by atoms with E-state index in [1.54, 1.807) is 0 Å². The van der Waals surface area contributed by atoms with Crippen LogP contribution in [0.5, 0.6) is 0 Å². The molecule has 0 amide bonds. The lowest BCUT2D eigenvalue weighted by Crippen LogP contribution is -1.95. The van der Waals surface area contributed by atoms with Gasteiger partial charge in [0.05, 0.1) is 0 Å². The molecule has 47 heavy (non-hydrogen) atoms. The van der Waals surface area contributed by atoms with E-state index in [0.29, 0.717) is 0 Å². The summed E-state index contributed by atoms with van der Waals surface area (Å²) in [7, 11) is 0. The lowest BCUT2D eigenvalue weighted by molar-refractivity contribution is 0.429. The third-order valence-corrected chi connectivity index (χ3v) is 11.4. The number of unbranched alkanes of at least 4 members (excludes halogenated alkanes) is 39. The van der Waals surface area contributed by atoms with Crippen LogP contribution in [0.15, 0.2) is 0 Å². The second kappa shape index (κ2) is 44.0. The summed E-state index contributed by atoms with van der Waals surface area (Å²) >= 11 is 0. The Morgan fingerprint density at radius 1 is 0.191 bits per heavy atom. The quantitative estimate of drug-likeness (QED) is 0.0571. The van der Waals surface area contributed by atoms with Crippen molar-refractivity contribution in [2.24, 2.45) is 5.92 Å². The maximum atomic E-state index is 2.52. The molecule has 0 rings (SSSR count). The van der Waals surface area contributed by atoms with Crippen molar-refractivity contribution >= 4 is 0 Å². The van der Waals surface area contributed by atoms with Crippen molar-refractivity contribution in [2.75, 3.05) is 0 Å². The van der Waals surface area contributed by atoms with E-state index in [1.165, 1.54) is 276 Å². The predicted octanol–water partition coefficient (Wildman–Crippen LogP) is 18.4. The second-order valence-electron chi connectivity index (χ2n) is 16.5. The van der Waals surface area contributed by atoms with E-state index >= 15 is 0 Å². The molecule has 0 aromatic carbocycles. The number of hydrogen-bond donors (Lipinski definition) is 0.